The van der Waals surface area contributed by atoms with Gasteiger partial charge in [-0.1, -0.05) is 23.7 Å². The van der Waals surface area contributed by atoms with Crippen LogP contribution in [0.25, 0.3) is 0 Å². The Morgan fingerprint density at radius 1 is 1.18 bits per heavy atom. The maximum absolute atomic E-state index is 12.4. The fourth-order valence-corrected chi connectivity index (χ4v) is 5.12. The van der Waals surface area contributed by atoms with Crippen LogP contribution in [-0.4, -0.2) is 31.9 Å². The second-order valence-electron chi connectivity index (χ2n) is 5.11. The van der Waals surface area contributed by atoms with Gasteiger partial charge in [-0.15, -0.1) is 0 Å². The van der Waals surface area contributed by atoms with Crippen LogP contribution in [0.4, 0.5) is 0 Å². The highest BCUT2D eigenvalue weighted by atomic mass is 35.5. The highest BCUT2D eigenvalue weighted by molar-refractivity contribution is 7.89. The third-order valence-corrected chi connectivity index (χ3v) is 6.70. The third kappa shape index (κ3) is 3.30. The summed E-state index contributed by atoms with van der Waals surface area (Å²) < 4.78 is 32.3. The van der Waals surface area contributed by atoms with E-state index in [1.165, 1.54) is 15.6 Å². The average molecular weight is 358 g/mol. The minimum absolute atomic E-state index is 0.00572. The van der Waals surface area contributed by atoms with Gasteiger partial charge >= 0.3 is 0 Å². The quantitative estimate of drug-likeness (QED) is 0.839. The van der Waals surface area contributed by atoms with Gasteiger partial charge in [-0.25, -0.2) is 8.42 Å². The van der Waals surface area contributed by atoms with Crippen molar-refractivity contribution < 1.29 is 13.2 Å². The largest absolute Gasteiger partial charge is 0.489 e. The lowest BCUT2D eigenvalue weighted by atomic mass is 10.1. The van der Waals surface area contributed by atoms with Gasteiger partial charge in [0.25, 0.3) is 0 Å². The fraction of sp³-hybridized carbons (Fsp3) is 0.333. The molecule has 1 aliphatic heterocycles. The summed E-state index contributed by atoms with van der Waals surface area (Å²) in [6, 6.07) is 8.98. The molecule has 0 atom stereocenters. The molecule has 0 amide bonds. The molecule has 1 saturated heterocycles. The first-order valence-corrected chi connectivity index (χ1v) is 9.77. The monoisotopic (exact) mass is 357 g/mol. The van der Waals surface area contributed by atoms with E-state index in [0.717, 1.165) is 0 Å². The molecule has 2 aromatic rings. The molecule has 4 nitrogen and oxygen atoms in total. The molecule has 1 fully saturated rings. The molecule has 0 unspecified atom stereocenters. The van der Waals surface area contributed by atoms with Crippen molar-refractivity contribution in [2.24, 2.45) is 0 Å². The second kappa shape index (κ2) is 6.58. The van der Waals surface area contributed by atoms with Gasteiger partial charge in [0.2, 0.25) is 10.0 Å². The summed E-state index contributed by atoms with van der Waals surface area (Å²) in [5, 5.41) is 4.03. The van der Waals surface area contributed by atoms with Gasteiger partial charge in [-0.05, 0) is 36.4 Å². The van der Waals surface area contributed by atoms with Gasteiger partial charge in [0.1, 0.15) is 11.9 Å². The Morgan fingerprint density at radius 3 is 2.55 bits per heavy atom. The zero-order valence-electron chi connectivity index (χ0n) is 11.8. The predicted octanol–water partition coefficient (Wildman–Crippen LogP) is 3.63. The highest BCUT2D eigenvalue weighted by Gasteiger charge is 2.30. The summed E-state index contributed by atoms with van der Waals surface area (Å²) in [5.74, 6) is 0.656. The van der Waals surface area contributed by atoms with Crippen LogP contribution in [0.2, 0.25) is 5.02 Å². The Kier molecular flexibility index (Phi) is 4.73. The normalized spacial score (nSPS) is 17.5. The van der Waals surface area contributed by atoms with Gasteiger partial charge in [-0.2, -0.15) is 15.6 Å². The van der Waals surface area contributed by atoms with E-state index >= 15 is 0 Å². The summed E-state index contributed by atoms with van der Waals surface area (Å²) in [6.07, 6.45) is 1.32. The Labute approximate surface area is 139 Å². The number of rotatable bonds is 4. The summed E-state index contributed by atoms with van der Waals surface area (Å²) >= 11 is 7.47. The molecule has 0 spiro atoms. The van der Waals surface area contributed by atoms with Crippen LogP contribution in [0.15, 0.2) is 46.0 Å². The predicted molar refractivity (Wildman–Crippen MR) is 88.2 cm³/mol. The number of piperidine rings is 1. The minimum atomic E-state index is -3.36. The van der Waals surface area contributed by atoms with E-state index in [1.54, 1.807) is 22.9 Å². The Morgan fingerprint density at radius 2 is 1.91 bits per heavy atom. The Hall–Kier alpha value is -1.08. The maximum atomic E-state index is 12.4. The van der Waals surface area contributed by atoms with E-state index in [4.69, 9.17) is 16.3 Å². The summed E-state index contributed by atoms with van der Waals surface area (Å²) in [7, 11) is -3.36. The molecule has 22 heavy (non-hydrogen) atoms. The van der Waals surface area contributed by atoms with Crippen LogP contribution < -0.4 is 4.74 Å². The number of halogens is 1. The highest BCUT2D eigenvalue weighted by Crippen LogP contribution is 2.28. The number of benzene rings is 1. The molecular weight excluding hydrogens is 342 g/mol. The van der Waals surface area contributed by atoms with Crippen LogP contribution in [0, 0.1) is 0 Å². The average Bonchev–Trinajstić information content (AvgIpc) is 3.05. The molecule has 0 saturated carbocycles. The smallest absolute Gasteiger partial charge is 0.243 e. The van der Waals surface area contributed by atoms with E-state index in [0.29, 0.717) is 41.6 Å². The lowest BCUT2D eigenvalue weighted by Crippen LogP contribution is -2.41. The summed E-state index contributed by atoms with van der Waals surface area (Å²) in [4.78, 5) is 0.378. The molecule has 118 valence electrons. The third-order valence-electron chi connectivity index (χ3n) is 3.66. The lowest BCUT2D eigenvalue weighted by molar-refractivity contribution is 0.135. The van der Waals surface area contributed by atoms with Crippen LogP contribution in [0.5, 0.6) is 5.75 Å². The first-order valence-electron chi connectivity index (χ1n) is 7.01. The maximum Gasteiger partial charge on any atom is 0.243 e. The number of thiophene rings is 1. The number of hydrogen-bond donors (Lipinski definition) is 0. The molecule has 1 aromatic carbocycles. The van der Waals surface area contributed by atoms with Gasteiger partial charge in [-0.3, -0.25) is 0 Å². The molecule has 0 bridgehead atoms. The summed E-state index contributed by atoms with van der Waals surface area (Å²) in [5.41, 5.74) is 0. The Bertz CT molecular complexity index is 723. The van der Waals surface area contributed by atoms with Gasteiger partial charge in [0, 0.05) is 18.5 Å². The Balaban J connectivity index is 1.62. The lowest BCUT2D eigenvalue weighted by Gasteiger charge is -2.31. The van der Waals surface area contributed by atoms with E-state index < -0.39 is 10.0 Å². The van der Waals surface area contributed by atoms with Crippen molar-refractivity contribution in [3.05, 3.63) is 46.1 Å². The molecule has 2 heterocycles. The van der Waals surface area contributed by atoms with Gasteiger partial charge in [0.05, 0.1) is 9.92 Å². The minimum Gasteiger partial charge on any atom is -0.489 e. The molecule has 3 rings (SSSR count). The molecule has 7 heteroatoms. The molecule has 0 N–H and O–H groups in total. The standard InChI is InChI=1S/C15H16ClNO3S2/c16-14-3-1-2-4-15(14)20-12-5-8-17(9-6-12)22(18,19)13-7-10-21-11-13/h1-4,7,10-12H,5-6,8-9H2. The number of sulfonamides is 1. The fourth-order valence-electron chi connectivity index (χ4n) is 2.46. The van der Waals surface area contributed by atoms with Crippen LogP contribution in [0.1, 0.15) is 12.8 Å². The first-order chi connectivity index (χ1) is 10.6. The van der Waals surface area contributed by atoms with Crippen LogP contribution in [-0.2, 0) is 10.0 Å². The number of nitrogens with zero attached hydrogens (tertiary/aromatic N) is 1. The topological polar surface area (TPSA) is 46.6 Å². The van der Waals surface area contributed by atoms with E-state index in [1.807, 2.05) is 18.2 Å². The van der Waals surface area contributed by atoms with Crippen molar-refractivity contribution in [1.82, 2.24) is 4.31 Å². The van der Waals surface area contributed by atoms with Crippen LogP contribution >= 0.6 is 22.9 Å². The van der Waals surface area contributed by atoms with E-state index in [2.05, 4.69) is 0 Å². The molecular formula is C15H16ClNO3S2. The number of ether oxygens (including phenoxy) is 1. The number of para-hydroxylation sites is 1. The second-order valence-corrected chi connectivity index (χ2v) is 8.24. The zero-order chi connectivity index (χ0) is 15.6. The van der Waals surface area contributed by atoms with Gasteiger partial charge < -0.3 is 4.74 Å². The summed E-state index contributed by atoms with van der Waals surface area (Å²) in [6.45, 7) is 0.931. The molecule has 1 aliphatic rings. The van der Waals surface area contributed by atoms with Gasteiger partial charge in [0.15, 0.2) is 0 Å². The van der Waals surface area contributed by atoms with Crippen molar-refractivity contribution in [2.45, 2.75) is 23.8 Å². The SMILES string of the molecule is O=S(=O)(c1ccsc1)N1CCC(Oc2ccccc2Cl)CC1. The van der Waals surface area contributed by atoms with Crippen molar-refractivity contribution in [3.63, 3.8) is 0 Å². The number of hydrogen-bond acceptors (Lipinski definition) is 4. The van der Waals surface area contributed by atoms with Crippen molar-refractivity contribution in [2.75, 3.05) is 13.1 Å². The molecule has 0 radical (unpaired) electrons. The van der Waals surface area contributed by atoms with E-state index in [9.17, 15) is 8.42 Å². The van der Waals surface area contributed by atoms with Crippen molar-refractivity contribution in [1.29, 1.82) is 0 Å². The first kappa shape index (κ1) is 15.8. The molecule has 0 aliphatic carbocycles. The van der Waals surface area contributed by atoms with Crippen molar-refractivity contribution in [3.8, 4) is 5.75 Å². The van der Waals surface area contributed by atoms with Crippen LogP contribution in [0.3, 0.4) is 0 Å². The molecule has 1 aromatic heterocycles. The van der Waals surface area contributed by atoms with E-state index in [-0.39, 0.29) is 6.10 Å². The van der Waals surface area contributed by atoms with Crippen molar-refractivity contribution >= 4 is 33.0 Å². The zero-order valence-corrected chi connectivity index (χ0v) is 14.2.